The average molecular weight is 585 g/mol. The quantitative estimate of drug-likeness (QED) is 0.266. The summed E-state index contributed by atoms with van der Waals surface area (Å²) in [7, 11) is 0. The molecule has 0 radical (unpaired) electrons. The number of aliphatic hydroxyl groups is 1. The van der Waals surface area contributed by atoms with E-state index in [0.29, 0.717) is 31.9 Å². The first-order valence-electron chi connectivity index (χ1n) is 13.9. The van der Waals surface area contributed by atoms with Crippen LogP contribution in [0, 0.1) is 11.6 Å². The summed E-state index contributed by atoms with van der Waals surface area (Å²) in [6, 6.07) is 24.0. The Labute approximate surface area is 246 Å². The molecule has 4 aromatic carbocycles. The number of fused-ring (bicyclic) bond motifs is 1. The van der Waals surface area contributed by atoms with Crippen LogP contribution in [0.15, 0.2) is 97.6 Å². The molecule has 0 saturated carbocycles. The van der Waals surface area contributed by atoms with Crippen molar-refractivity contribution in [2.24, 2.45) is 0 Å². The number of hydrogen-bond acceptors (Lipinski definition) is 6. The summed E-state index contributed by atoms with van der Waals surface area (Å²) in [5.41, 5.74) is -0.198. The maximum atomic E-state index is 14.7. The Balaban J connectivity index is 1.06. The number of aromatic nitrogens is 3. The van der Waals surface area contributed by atoms with E-state index in [4.69, 9.17) is 4.74 Å². The highest BCUT2D eigenvalue weighted by atomic mass is 19.1. The van der Waals surface area contributed by atoms with Crippen molar-refractivity contribution < 1.29 is 23.4 Å². The average Bonchev–Trinajstić information content (AvgIpc) is 3.53. The molecule has 6 rings (SSSR count). The fraction of sp³-hybridized carbons (Fsp3) is 0.219. The normalized spacial score (nSPS) is 14.9. The first-order valence-corrected chi connectivity index (χ1v) is 13.9. The predicted octanol–water partition coefficient (Wildman–Crippen LogP) is 5.03. The van der Waals surface area contributed by atoms with Gasteiger partial charge in [-0.3, -0.25) is 0 Å². The molecular weight excluding hydrogens is 554 g/mol. The summed E-state index contributed by atoms with van der Waals surface area (Å²) in [4.78, 5) is 20.9. The second-order valence-electron chi connectivity index (χ2n) is 10.5. The number of carbonyl (C=O) groups excluding carboxylic acids is 1. The largest absolute Gasteiger partial charge is 0.490 e. The van der Waals surface area contributed by atoms with Crippen molar-refractivity contribution in [3.63, 3.8) is 0 Å². The lowest BCUT2D eigenvalue weighted by Crippen LogP contribution is -2.50. The number of ether oxygens (including phenoxy) is 1. The van der Waals surface area contributed by atoms with Gasteiger partial charge in [-0.2, -0.15) is 5.10 Å². The number of nitrogens with zero attached hydrogens (tertiary/aromatic N) is 5. The number of halogens is 2. The predicted molar refractivity (Wildman–Crippen MR) is 159 cm³/mol. The van der Waals surface area contributed by atoms with Crippen LogP contribution in [-0.2, 0) is 12.1 Å². The molecule has 43 heavy (non-hydrogen) atoms. The molecule has 11 heteroatoms. The second kappa shape index (κ2) is 12.1. The zero-order valence-corrected chi connectivity index (χ0v) is 23.2. The molecular formula is C32H30F2N6O3. The van der Waals surface area contributed by atoms with Gasteiger partial charge in [-0.25, -0.2) is 23.2 Å². The van der Waals surface area contributed by atoms with Crippen molar-refractivity contribution >= 4 is 28.2 Å². The van der Waals surface area contributed by atoms with Crippen LogP contribution in [0.4, 0.5) is 25.0 Å². The zero-order chi connectivity index (χ0) is 29.8. The monoisotopic (exact) mass is 584 g/mol. The smallest absolute Gasteiger partial charge is 0.321 e. The molecule has 1 fully saturated rings. The van der Waals surface area contributed by atoms with Gasteiger partial charge in [0.2, 0.25) is 0 Å². The molecule has 1 aromatic heterocycles. The summed E-state index contributed by atoms with van der Waals surface area (Å²) in [5.74, 6) is -1.16. The van der Waals surface area contributed by atoms with E-state index in [1.807, 2.05) is 54.6 Å². The van der Waals surface area contributed by atoms with E-state index >= 15 is 0 Å². The Hall–Kier alpha value is -5.03. The Morgan fingerprint density at radius 3 is 2.47 bits per heavy atom. The van der Waals surface area contributed by atoms with Crippen molar-refractivity contribution in [1.82, 2.24) is 19.7 Å². The van der Waals surface area contributed by atoms with E-state index in [0.717, 1.165) is 34.3 Å². The number of amides is 2. The van der Waals surface area contributed by atoms with Gasteiger partial charge in [-0.1, -0.05) is 42.5 Å². The molecule has 1 atom stereocenters. The lowest BCUT2D eigenvalue weighted by atomic mass is 9.94. The standard InChI is InChI=1S/C32H30F2N6O3/c33-24-8-13-28(29(34)18-24)32(42,19-40-22-35-21-36-40)20-43-26-11-9-25(10-12-26)38-14-16-39(17-15-38)31(41)37-30-7-3-5-23-4-1-2-6-27(23)30/h1-13,18,21-22,42H,14-17,19-20H2,(H,37,41). The van der Waals surface area contributed by atoms with Crippen molar-refractivity contribution in [1.29, 1.82) is 0 Å². The minimum absolute atomic E-state index is 0.108. The summed E-state index contributed by atoms with van der Waals surface area (Å²) < 4.78 is 35.5. The molecule has 2 amide bonds. The summed E-state index contributed by atoms with van der Waals surface area (Å²) in [6.07, 6.45) is 2.70. The van der Waals surface area contributed by atoms with E-state index in [2.05, 4.69) is 20.3 Å². The van der Waals surface area contributed by atoms with E-state index in [1.165, 1.54) is 23.4 Å². The number of anilines is 2. The van der Waals surface area contributed by atoms with Gasteiger partial charge in [0.05, 0.1) is 12.2 Å². The highest BCUT2D eigenvalue weighted by molar-refractivity contribution is 6.01. The number of urea groups is 1. The summed E-state index contributed by atoms with van der Waals surface area (Å²) in [5, 5.41) is 20.6. The van der Waals surface area contributed by atoms with Crippen molar-refractivity contribution in [3.8, 4) is 5.75 Å². The highest BCUT2D eigenvalue weighted by Crippen LogP contribution is 2.29. The van der Waals surface area contributed by atoms with E-state index < -0.39 is 17.2 Å². The molecule has 220 valence electrons. The van der Waals surface area contributed by atoms with Gasteiger partial charge in [0.25, 0.3) is 0 Å². The lowest BCUT2D eigenvalue weighted by Gasteiger charge is -2.36. The van der Waals surface area contributed by atoms with Gasteiger partial charge < -0.3 is 25.0 Å². The fourth-order valence-electron chi connectivity index (χ4n) is 5.31. The van der Waals surface area contributed by atoms with Gasteiger partial charge in [-0.05, 0) is 41.8 Å². The molecule has 1 aliphatic rings. The first kappa shape index (κ1) is 28.1. The van der Waals surface area contributed by atoms with Crippen LogP contribution in [-0.4, -0.2) is 63.6 Å². The van der Waals surface area contributed by atoms with E-state index in [-0.39, 0.29) is 24.7 Å². The van der Waals surface area contributed by atoms with Gasteiger partial charge in [0.15, 0.2) is 0 Å². The molecule has 1 unspecified atom stereocenters. The minimum Gasteiger partial charge on any atom is -0.490 e. The Bertz CT molecular complexity index is 1700. The maximum Gasteiger partial charge on any atom is 0.321 e. The van der Waals surface area contributed by atoms with Gasteiger partial charge in [0.1, 0.15) is 42.2 Å². The number of hydrogen-bond donors (Lipinski definition) is 2. The van der Waals surface area contributed by atoms with Crippen LogP contribution in [0.2, 0.25) is 0 Å². The third-order valence-electron chi connectivity index (χ3n) is 7.60. The number of nitrogens with one attached hydrogen (secondary N) is 1. The lowest BCUT2D eigenvalue weighted by molar-refractivity contribution is -0.0297. The number of rotatable bonds is 8. The van der Waals surface area contributed by atoms with Crippen molar-refractivity contribution in [3.05, 3.63) is 115 Å². The van der Waals surface area contributed by atoms with Gasteiger partial charge >= 0.3 is 6.03 Å². The zero-order valence-electron chi connectivity index (χ0n) is 23.2. The molecule has 1 saturated heterocycles. The molecule has 1 aliphatic heterocycles. The second-order valence-corrected chi connectivity index (χ2v) is 10.5. The van der Waals surface area contributed by atoms with E-state index in [1.54, 1.807) is 17.0 Å². The van der Waals surface area contributed by atoms with Crippen LogP contribution in [0.25, 0.3) is 10.8 Å². The van der Waals surface area contributed by atoms with Crippen molar-refractivity contribution in [2.75, 3.05) is 43.0 Å². The number of benzene rings is 4. The van der Waals surface area contributed by atoms with E-state index in [9.17, 15) is 18.7 Å². The Morgan fingerprint density at radius 2 is 1.72 bits per heavy atom. The summed E-state index contributed by atoms with van der Waals surface area (Å²) in [6.45, 7) is 1.99. The molecule has 2 heterocycles. The van der Waals surface area contributed by atoms with Crippen LogP contribution in [0.1, 0.15) is 5.56 Å². The number of carbonyl (C=O) groups is 1. The SMILES string of the molecule is O=C(Nc1cccc2ccccc12)N1CCN(c2ccc(OCC(O)(Cn3cncn3)c3ccc(F)cc3F)cc2)CC1. The Kier molecular flexibility index (Phi) is 7.89. The highest BCUT2D eigenvalue weighted by Gasteiger charge is 2.35. The molecule has 5 aromatic rings. The molecule has 0 bridgehead atoms. The first-order chi connectivity index (χ1) is 20.9. The molecule has 9 nitrogen and oxygen atoms in total. The topological polar surface area (TPSA) is 95.8 Å². The van der Waals surface area contributed by atoms with Crippen molar-refractivity contribution in [2.45, 2.75) is 12.1 Å². The van der Waals surface area contributed by atoms with Crippen LogP contribution < -0.4 is 15.0 Å². The third-order valence-corrected chi connectivity index (χ3v) is 7.60. The molecule has 0 spiro atoms. The fourth-order valence-corrected chi connectivity index (χ4v) is 5.31. The summed E-state index contributed by atoms with van der Waals surface area (Å²) >= 11 is 0. The molecule has 0 aliphatic carbocycles. The molecule has 2 N–H and O–H groups in total. The van der Waals surface area contributed by atoms with Crippen LogP contribution >= 0.6 is 0 Å². The minimum atomic E-state index is -1.84. The van der Waals surface area contributed by atoms with Crippen LogP contribution in [0.5, 0.6) is 5.75 Å². The van der Waals surface area contributed by atoms with Crippen LogP contribution in [0.3, 0.4) is 0 Å². The number of piperazine rings is 1. The van der Waals surface area contributed by atoms with Gasteiger partial charge in [-0.15, -0.1) is 0 Å². The maximum absolute atomic E-state index is 14.7. The van der Waals surface area contributed by atoms with Gasteiger partial charge in [0, 0.05) is 48.9 Å². The Morgan fingerprint density at radius 1 is 0.953 bits per heavy atom. The third kappa shape index (κ3) is 6.26.